The number of hydrogen-bond acceptors (Lipinski definition) is 6. The van der Waals surface area contributed by atoms with Crippen molar-refractivity contribution < 1.29 is 24.6 Å². The minimum Gasteiger partial charge on any atom is -0.481 e. The summed E-state index contributed by atoms with van der Waals surface area (Å²) in [5.74, 6) is -3.63. The molecule has 1 rings (SSSR count). The maximum Gasteiger partial charge on any atom is 0.326 e. The number of nitrogens with one attached hydrogen (secondary N) is 2. The van der Waals surface area contributed by atoms with E-state index >= 15 is 0 Å². The van der Waals surface area contributed by atoms with Crippen LogP contribution in [0.3, 0.4) is 0 Å². The molecule has 0 aromatic carbocycles. The van der Waals surface area contributed by atoms with Crippen LogP contribution in [0.25, 0.3) is 0 Å². The van der Waals surface area contributed by atoms with Crippen LogP contribution < -0.4 is 5.32 Å². The standard InChI is InChI=1S/C7H9N5O5/c13-4(14)2-1-3(7(16)17)8-6(15)5-9-11-12-10-5/h3H,1-2H2,(H,8,15)(H,13,14)(H,16,17)(H,9,10,11,12)/t3-/m0/s1. The lowest BCUT2D eigenvalue weighted by molar-refractivity contribution is -0.140. The SMILES string of the molecule is O=C(O)CC[C@H](NC(=O)c1nn[nH]n1)C(=O)O. The first kappa shape index (κ1) is 12.5. The van der Waals surface area contributed by atoms with Crippen molar-refractivity contribution in [3.8, 4) is 0 Å². The average Bonchev–Trinajstić information content (AvgIpc) is 2.76. The molecule has 17 heavy (non-hydrogen) atoms. The first-order valence-corrected chi connectivity index (χ1v) is 4.49. The van der Waals surface area contributed by atoms with Crippen LogP contribution in [-0.4, -0.2) is 54.7 Å². The summed E-state index contributed by atoms with van der Waals surface area (Å²) in [4.78, 5) is 32.4. The zero-order valence-corrected chi connectivity index (χ0v) is 8.45. The molecule has 4 N–H and O–H groups in total. The summed E-state index contributed by atoms with van der Waals surface area (Å²) in [6, 6.07) is -1.31. The van der Waals surface area contributed by atoms with Crippen LogP contribution in [0.2, 0.25) is 0 Å². The van der Waals surface area contributed by atoms with E-state index < -0.39 is 23.9 Å². The van der Waals surface area contributed by atoms with E-state index in [0.29, 0.717) is 0 Å². The van der Waals surface area contributed by atoms with Gasteiger partial charge in [0.2, 0.25) is 0 Å². The summed E-state index contributed by atoms with van der Waals surface area (Å²) < 4.78 is 0. The first-order chi connectivity index (χ1) is 8.00. The summed E-state index contributed by atoms with van der Waals surface area (Å²) in [6.45, 7) is 0. The number of carbonyl (C=O) groups is 3. The summed E-state index contributed by atoms with van der Waals surface area (Å²) in [5, 5.41) is 31.1. The Kier molecular flexibility index (Phi) is 4.08. The first-order valence-electron chi connectivity index (χ1n) is 4.49. The highest BCUT2D eigenvalue weighted by Crippen LogP contribution is 1.99. The van der Waals surface area contributed by atoms with Crippen molar-refractivity contribution in [1.29, 1.82) is 0 Å². The Bertz CT molecular complexity index is 416. The summed E-state index contributed by atoms with van der Waals surface area (Å²) in [7, 11) is 0. The van der Waals surface area contributed by atoms with Crippen LogP contribution in [-0.2, 0) is 9.59 Å². The molecule has 0 aliphatic rings. The second kappa shape index (κ2) is 5.53. The van der Waals surface area contributed by atoms with Gasteiger partial charge >= 0.3 is 11.9 Å². The van der Waals surface area contributed by atoms with E-state index in [2.05, 4.69) is 20.7 Å². The number of carbonyl (C=O) groups excluding carboxylic acids is 1. The maximum absolute atomic E-state index is 11.4. The van der Waals surface area contributed by atoms with Gasteiger partial charge in [-0.3, -0.25) is 9.59 Å². The van der Waals surface area contributed by atoms with Crippen LogP contribution >= 0.6 is 0 Å². The van der Waals surface area contributed by atoms with Gasteiger partial charge in [-0.15, -0.1) is 10.2 Å². The third kappa shape index (κ3) is 3.85. The van der Waals surface area contributed by atoms with E-state index in [1.54, 1.807) is 0 Å². The van der Waals surface area contributed by atoms with Gasteiger partial charge in [0, 0.05) is 6.42 Å². The number of carboxylic acid groups (broad SMARTS) is 2. The molecule has 1 heterocycles. The van der Waals surface area contributed by atoms with Gasteiger partial charge in [0.15, 0.2) is 0 Å². The zero-order valence-electron chi connectivity index (χ0n) is 8.45. The second-order valence-corrected chi connectivity index (χ2v) is 3.03. The average molecular weight is 243 g/mol. The minimum atomic E-state index is -1.33. The highest BCUT2D eigenvalue weighted by atomic mass is 16.4. The van der Waals surface area contributed by atoms with Crippen LogP contribution in [0.15, 0.2) is 0 Å². The molecule has 0 fully saturated rings. The number of aromatic nitrogens is 4. The predicted molar refractivity (Wildman–Crippen MR) is 49.9 cm³/mol. The number of carboxylic acids is 2. The number of hydrogen-bond donors (Lipinski definition) is 4. The van der Waals surface area contributed by atoms with E-state index in [4.69, 9.17) is 10.2 Å². The van der Waals surface area contributed by atoms with Gasteiger partial charge in [-0.1, -0.05) is 0 Å². The van der Waals surface area contributed by atoms with E-state index in [-0.39, 0.29) is 18.7 Å². The Morgan fingerprint density at radius 3 is 2.53 bits per heavy atom. The molecular formula is C7H9N5O5. The molecule has 10 heteroatoms. The smallest absolute Gasteiger partial charge is 0.326 e. The van der Waals surface area contributed by atoms with Gasteiger partial charge in [-0.25, -0.2) is 4.79 Å². The quantitative estimate of drug-likeness (QED) is 0.457. The number of tetrazole rings is 1. The number of H-pyrrole nitrogens is 1. The Morgan fingerprint density at radius 2 is 2.06 bits per heavy atom. The number of rotatable bonds is 6. The molecule has 0 spiro atoms. The third-order valence-electron chi connectivity index (χ3n) is 1.80. The number of amides is 1. The largest absolute Gasteiger partial charge is 0.481 e. The Labute approximate surface area is 94.0 Å². The van der Waals surface area contributed by atoms with Crippen LogP contribution in [0, 0.1) is 0 Å². The van der Waals surface area contributed by atoms with Crippen LogP contribution in [0.4, 0.5) is 0 Å². The van der Waals surface area contributed by atoms with Gasteiger partial charge in [0.1, 0.15) is 6.04 Å². The van der Waals surface area contributed by atoms with Crippen LogP contribution in [0.5, 0.6) is 0 Å². The summed E-state index contributed by atoms with van der Waals surface area (Å²) in [5.41, 5.74) is 0. The van der Waals surface area contributed by atoms with Gasteiger partial charge in [-0.05, 0) is 11.6 Å². The highest BCUT2D eigenvalue weighted by Gasteiger charge is 2.23. The molecule has 1 aromatic rings. The lowest BCUT2D eigenvalue weighted by Gasteiger charge is -2.11. The zero-order chi connectivity index (χ0) is 12.8. The lowest BCUT2D eigenvalue weighted by atomic mass is 10.1. The highest BCUT2D eigenvalue weighted by molar-refractivity contribution is 5.93. The fourth-order valence-corrected chi connectivity index (χ4v) is 1.01. The molecule has 0 unspecified atom stereocenters. The fourth-order valence-electron chi connectivity index (χ4n) is 1.01. The molecule has 10 nitrogen and oxygen atoms in total. The Balaban J connectivity index is 2.58. The van der Waals surface area contributed by atoms with Gasteiger partial charge in [0.05, 0.1) is 0 Å². The molecule has 1 amide bonds. The monoisotopic (exact) mass is 243 g/mol. The van der Waals surface area contributed by atoms with Crippen molar-refractivity contribution in [3.63, 3.8) is 0 Å². The molecule has 0 aliphatic carbocycles. The lowest BCUT2D eigenvalue weighted by Crippen LogP contribution is -2.41. The van der Waals surface area contributed by atoms with E-state index in [0.717, 1.165) is 0 Å². The maximum atomic E-state index is 11.4. The predicted octanol–water partition coefficient (Wildman–Crippen LogP) is -1.75. The van der Waals surface area contributed by atoms with E-state index in [1.807, 2.05) is 5.21 Å². The molecule has 0 bridgehead atoms. The molecule has 92 valence electrons. The number of aromatic amines is 1. The number of aliphatic carboxylic acids is 2. The molecule has 0 saturated heterocycles. The number of nitrogens with zero attached hydrogens (tertiary/aromatic N) is 3. The molecule has 0 aliphatic heterocycles. The van der Waals surface area contributed by atoms with Crippen molar-refractivity contribution in [2.45, 2.75) is 18.9 Å². The van der Waals surface area contributed by atoms with Gasteiger partial charge in [0.25, 0.3) is 11.7 Å². The van der Waals surface area contributed by atoms with E-state index in [1.165, 1.54) is 0 Å². The Hall–Kier alpha value is -2.52. The van der Waals surface area contributed by atoms with E-state index in [9.17, 15) is 14.4 Å². The van der Waals surface area contributed by atoms with Crippen molar-refractivity contribution in [1.82, 2.24) is 25.9 Å². The molecular weight excluding hydrogens is 234 g/mol. The third-order valence-corrected chi connectivity index (χ3v) is 1.80. The van der Waals surface area contributed by atoms with Gasteiger partial charge < -0.3 is 15.5 Å². The fraction of sp³-hybridized carbons (Fsp3) is 0.429. The normalized spacial score (nSPS) is 11.8. The van der Waals surface area contributed by atoms with Crippen molar-refractivity contribution in [2.24, 2.45) is 0 Å². The molecule has 1 atom stereocenters. The molecule has 0 saturated carbocycles. The van der Waals surface area contributed by atoms with Gasteiger partial charge in [-0.2, -0.15) is 5.21 Å². The van der Waals surface area contributed by atoms with Crippen LogP contribution in [0.1, 0.15) is 23.5 Å². The summed E-state index contributed by atoms with van der Waals surface area (Å²) in [6.07, 6.45) is -0.599. The topological polar surface area (TPSA) is 158 Å². The molecule has 0 radical (unpaired) electrons. The van der Waals surface area contributed by atoms with Crippen molar-refractivity contribution in [3.05, 3.63) is 5.82 Å². The summed E-state index contributed by atoms with van der Waals surface area (Å²) >= 11 is 0. The Morgan fingerprint density at radius 1 is 1.35 bits per heavy atom. The van der Waals surface area contributed by atoms with Crippen molar-refractivity contribution in [2.75, 3.05) is 0 Å². The minimum absolute atomic E-state index is 0.228. The van der Waals surface area contributed by atoms with Crippen molar-refractivity contribution >= 4 is 17.8 Å². The second-order valence-electron chi connectivity index (χ2n) is 3.03. The molecule has 1 aromatic heterocycles.